The summed E-state index contributed by atoms with van der Waals surface area (Å²) in [6, 6.07) is 7.96. The smallest absolute Gasteiger partial charge is 0.0319 e. The molecule has 0 heterocycles. The number of aliphatic hydroxyl groups is 1. The third-order valence-electron chi connectivity index (χ3n) is 0.787. The van der Waals surface area contributed by atoms with Crippen LogP contribution in [0.3, 0.4) is 0 Å². The molecule has 0 aliphatic carbocycles. The molecule has 10 heavy (non-hydrogen) atoms. The van der Waals surface area contributed by atoms with E-state index in [1.54, 1.807) is 0 Å². The predicted molar refractivity (Wildman–Crippen MR) is 50.0 cm³/mol. The zero-order valence-electron chi connectivity index (χ0n) is 5.51. The van der Waals surface area contributed by atoms with Crippen molar-refractivity contribution >= 4 is 31.9 Å². The summed E-state index contributed by atoms with van der Waals surface area (Å²) in [4.78, 5) is 0. The number of rotatable bonds is 0. The van der Waals surface area contributed by atoms with E-state index in [1.165, 1.54) is 0 Å². The Morgan fingerprint density at radius 2 is 1.50 bits per heavy atom. The van der Waals surface area contributed by atoms with Gasteiger partial charge in [-0.3, -0.25) is 0 Å². The van der Waals surface area contributed by atoms with Gasteiger partial charge >= 0.3 is 0 Å². The van der Waals surface area contributed by atoms with Crippen molar-refractivity contribution in [3.05, 3.63) is 33.2 Å². The number of benzene rings is 1. The summed E-state index contributed by atoms with van der Waals surface area (Å²) in [6.45, 7) is 0. The molecule has 1 rings (SSSR count). The van der Waals surface area contributed by atoms with Gasteiger partial charge in [-0.15, -0.1) is 0 Å². The molecule has 0 aromatic heterocycles. The van der Waals surface area contributed by atoms with Gasteiger partial charge < -0.3 is 5.11 Å². The van der Waals surface area contributed by atoms with Crippen LogP contribution in [0.25, 0.3) is 0 Å². The molecule has 0 fully saturated rings. The number of hydrogen-bond acceptors (Lipinski definition) is 1. The van der Waals surface area contributed by atoms with E-state index in [1.807, 2.05) is 24.3 Å². The van der Waals surface area contributed by atoms with Gasteiger partial charge in [0, 0.05) is 16.1 Å². The van der Waals surface area contributed by atoms with Crippen LogP contribution in [0, 0.1) is 0 Å². The van der Waals surface area contributed by atoms with Crippen LogP contribution < -0.4 is 0 Å². The third kappa shape index (κ3) is 4.04. The average Bonchev–Trinajstić information content (AvgIpc) is 1.91. The molecule has 1 nitrogen and oxygen atoms in total. The largest absolute Gasteiger partial charge is 0.400 e. The monoisotopic (exact) mass is 266 g/mol. The zero-order valence-corrected chi connectivity index (χ0v) is 8.68. The van der Waals surface area contributed by atoms with Crippen LogP contribution in [0.5, 0.6) is 0 Å². The lowest BCUT2D eigenvalue weighted by molar-refractivity contribution is 0.399. The Balaban J connectivity index is 0.000000371. The molecule has 0 aliphatic rings. The van der Waals surface area contributed by atoms with Gasteiger partial charge in [-0.05, 0) is 18.2 Å². The Bertz CT molecular complexity index is 171. The maximum atomic E-state index is 7.00. The molecular formula is C7H8Br2O. The van der Waals surface area contributed by atoms with Gasteiger partial charge in [0.1, 0.15) is 0 Å². The van der Waals surface area contributed by atoms with Crippen LogP contribution in [0.15, 0.2) is 33.2 Å². The molecule has 1 aromatic rings. The minimum Gasteiger partial charge on any atom is -0.400 e. The van der Waals surface area contributed by atoms with Crippen LogP contribution in [0.1, 0.15) is 0 Å². The van der Waals surface area contributed by atoms with Crippen molar-refractivity contribution in [1.82, 2.24) is 0 Å². The molecule has 0 radical (unpaired) electrons. The summed E-state index contributed by atoms with van der Waals surface area (Å²) in [5, 5.41) is 7.00. The Morgan fingerprint density at radius 3 is 1.70 bits per heavy atom. The highest BCUT2D eigenvalue weighted by Gasteiger charge is 1.84. The highest BCUT2D eigenvalue weighted by Crippen LogP contribution is 2.15. The maximum Gasteiger partial charge on any atom is 0.0319 e. The molecular weight excluding hydrogens is 260 g/mol. The highest BCUT2D eigenvalue weighted by atomic mass is 79.9. The molecule has 3 heteroatoms. The van der Waals surface area contributed by atoms with Crippen molar-refractivity contribution in [1.29, 1.82) is 0 Å². The highest BCUT2D eigenvalue weighted by molar-refractivity contribution is 9.11. The molecule has 0 aliphatic heterocycles. The lowest BCUT2D eigenvalue weighted by Crippen LogP contribution is -1.61. The van der Waals surface area contributed by atoms with Crippen LogP contribution >= 0.6 is 31.9 Å². The van der Waals surface area contributed by atoms with E-state index in [0.29, 0.717) is 0 Å². The van der Waals surface area contributed by atoms with E-state index in [9.17, 15) is 0 Å². The van der Waals surface area contributed by atoms with Crippen molar-refractivity contribution in [2.24, 2.45) is 0 Å². The summed E-state index contributed by atoms with van der Waals surface area (Å²) >= 11 is 6.66. The topological polar surface area (TPSA) is 20.2 Å². The Kier molecular flexibility index (Phi) is 5.97. The quantitative estimate of drug-likeness (QED) is 0.767. The average molecular weight is 268 g/mol. The van der Waals surface area contributed by atoms with Crippen molar-refractivity contribution < 1.29 is 5.11 Å². The van der Waals surface area contributed by atoms with Gasteiger partial charge in [0.05, 0.1) is 0 Å². The first-order valence-corrected chi connectivity index (χ1v) is 4.23. The van der Waals surface area contributed by atoms with Gasteiger partial charge in [-0.25, -0.2) is 0 Å². The fraction of sp³-hybridized carbons (Fsp3) is 0.143. The summed E-state index contributed by atoms with van der Waals surface area (Å²) in [5.41, 5.74) is 0. The van der Waals surface area contributed by atoms with E-state index in [-0.39, 0.29) is 0 Å². The van der Waals surface area contributed by atoms with Gasteiger partial charge in [-0.2, -0.15) is 0 Å². The minimum atomic E-state index is 1.00. The molecule has 0 unspecified atom stereocenters. The van der Waals surface area contributed by atoms with E-state index in [0.717, 1.165) is 16.1 Å². The third-order valence-corrected chi connectivity index (χ3v) is 1.77. The molecule has 1 N–H and O–H groups in total. The van der Waals surface area contributed by atoms with Crippen molar-refractivity contribution in [3.8, 4) is 0 Å². The van der Waals surface area contributed by atoms with Gasteiger partial charge in [-0.1, -0.05) is 37.9 Å². The lowest BCUT2D eigenvalue weighted by Gasteiger charge is -1.87. The van der Waals surface area contributed by atoms with E-state index >= 15 is 0 Å². The van der Waals surface area contributed by atoms with Crippen molar-refractivity contribution in [2.75, 3.05) is 7.11 Å². The normalized spacial score (nSPS) is 8.00. The van der Waals surface area contributed by atoms with Crippen molar-refractivity contribution in [3.63, 3.8) is 0 Å². The first kappa shape index (κ1) is 10.1. The Morgan fingerprint density at radius 1 is 1.10 bits per heavy atom. The summed E-state index contributed by atoms with van der Waals surface area (Å²) < 4.78 is 2.21. The van der Waals surface area contributed by atoms with Crippen LogP contribution in [-0.4, -0.2) is 12.2 Å². The zero-order chi connectivity index (χ0) is 7.98. The molecule has 1 aromatic carbocycles. The van der Waals surface area contributed by atoms with Gasteiger partial charge in [0.25, 0.3) is 0 Å². The number of hydrogen-bond donors (Lipinski definition) is 1. The van der Waals surface area contributed by atoms with Gasteiger partial charge in [0.15, 0.2) is 0 Å². The molecule has 0 saturated carbocycles. The number of halogens is 2. The second kappa shape index (κ2) is 5.89. The predicted octanol–water partition coefficient (Wildman–Crippen LogP) is 2.82. The molecule has 0 bridgehead atoms. The van der Waals surface area contributed by atoms with Gasteiger partial charge in [0.2, 0.25) is 0 Å². The van der Waals surface area contributed by atoms with E-state index in [2.05, 4.69) is 31.9 Å². The fourth-order valence-corrected chi connectivity index (χ4v) is 1.57. The van der Waals surface area contributed by atoms with Crippen LogP contribution in [0.2, 0.25) is 0 Å². The summed E-state index contributed by atoms with van der Waals surface area (Å²) in [7, 11) is 1.00. The summed E-state index contributed by atoms with van der Waals surface area (Å²) in [5.74, 6) is 0. The minimum absolute atomic E-state index is 1.00. The standard InChI is InChI=1S/C6H4Br2.CH4O/c7-5-2-1-3-6(8)4-5;1-2/h1-4H;2H,1H3. The molecule has 0 amide bonds. The summed E-state index contributed by atoms with van der Waals surface area (Å²) in [6.07, 6.45) is 0. The van der Waals surface area contributed by atoms with Crippen LogP contribution in [-0.2, 0) is 0 Å². The van der Waals surface area contributed by atoms with Crippen molar-refractivity contribution in [2.45, 2.75) is 0 Å². The lowest BCUT2D eigenvalue weighted by atomic mass is 10.4. The molecule has 0 atom stereocenters. The molecule has 0 saturated heterocycles. The fourth-order valence-electron chi connectivity index (χ4n) is 0.460. The first-order chi connectivity index (χ1) is 4.79. The second-order valence-corrected chi connectivity index (χ2v) is 3.27. The van der Waals surface area contributed by atoms with E-state index < -0.39 is 0 Å². The SMILES string of the molecule is Brc1cccc(Br)c1.CO. The Hall–Kier alpha value is 0.140. The second-order valence-electron chi connectivity index (χ2n) is 1.44. The molecule has 56 valence electrons. The maximum absolute atomic E-state index is 7.00. The van der Waals surface area contributed by atoms with E-state index in [4.69, 9.17) is 5.11 Å². The number of aliphatic hydroxyl groups excluding tert-OH is 1. The molecule has 0 spiro atoms. The Labute approximate surface area is 77.3 Å². The van der Waals surface area contributed by atoms with Crippen LogP contribution in [0.4, 0.5) is 0 Å². The first-order valence-electron chi connectivity index (χ1n) is 2.65.